The summed E-state index contributed by atoms with van der Waals surface area (Å²) in [6.07, 6.45) is -16.1. The molecule has 0 saturated carbocycles. The first-order chi connectivity index (χ1) is 11.6. The van der Waals surface area contributed by atoms with Crippen LogP contribution in [0, 0.1) is 0 Å². The van der Waals surface area contributed by atoms with Crippen molar-refractivity contribution in [2.45, 2.75) is 57.8 Å². The molecule has 27 heavy (non-hydrogen) atoms. The molecule has 0 saturated heterocycles. The van der Waals surface area contributed by atoms with Gasteiger partial charge in [-0.2, -0.15) is 39.5 Å². The maximum Gasteiger partial charge on any atom is 0.418 e. The standard InChI is InChI=1S/C15H20F9NSi2/c1-26(2,3)25(27(4,5)6)12-10(14(19,20)21)7-9(13(16,17)18)8-11(12)15(22,23)24/h7-8H,1-6H3. The summed E-state index contributed by atoms with van der Waals surface area (Å²) < 4.78 is 122. The Morgan fingerprint density at radius 3 is 1.07 bits per heavy atom. The molecule has 0 radical (unpaired) electrons. The Morgan fingerprint density at radius 1 is 0.593 bits per heavy atom. The number of benzene rings is 1. The molecular formula is C15H20F9NSi2. The lowest BCUT2D eigenvalue weighted by Crippen LogP contribution is -2.60. The highest BCUT2D eigenvalue weighted by Gasteiger charge is 2.49. The normalized spacial score (nSPS) is 14.5. The Labute approximate surface area is 153 Å². The van der Waals surface area contributed by atoms with Gasteiger partial charge in [0.2, 0.25) is 0 Å². The Hall–Kier alpha value is -1.18. The van der Waals surface area contributed by atoms with Gasteiger partial charge in [0.25, 0.3) is 0 Å². The van der Waals surface area contributed by atoms with Gasteiger partial charge in [-0.05, 0) is 12.1 Å². The van der Waals surface area contributed by atoms with E-state index in [-0.39, 0.29) is 12.1 Å². The van der Waals surface area contributed by atoms with Crippen molar-refractivity contribution < 1.29 is 39.5 Å². The van der Waals surface area contributed by atoms with Crippen molar-refractivity contribution in [3.63, 3.8) is 0 Å². The minimum atomic E-state index is -5.38. The summed E-state index contributed by atoms with van der Waals surface area (Å²) in [6.45, 7) is 9.35. The molecule has 156 valence electrons. The predicted octanol–water partition coefficient (Wildman–Crippen LogP) is 7.22. The number of hydrogen-bond donors (Lipinski definition) is 0. The molecule has 0 aliphatic rings. The van der Waals surface area contributed by atoms with Crippen LogP contribution in [0.15, 0.2) is 12.1 Å². The lowest BCUT2D eigenvalue weighted by Gasteiger charge is -2.48. The van der Waals surface area contributed by atoms with Crippen LogP contribution in [0.25, 0.3) is 0 Å². The van der Waals surface area contributed by atoms with E-state index in [9.17, 15) is 39.5 Å². The number of halogens is 9. The molecule has 0 amide bonds. The van der Waals surface area contributed by atoms with Crippen molar-refractivity contribution in [2.24, 2.45) is 0 Å². The molecule has 0 aliphatic heterocycles. The molecule has 1 aromatic carbocycles. The molecule has 0 aliphatic carbocycles. The van der Waals surface area contributed by atoms with E-state index in [4.69, 9.17) is 0 Å². The number of anilines is 1. The zero-order valence-electron chi connectivity index (χ0n) is 15.5. The molecule has 0 N–H and O–H groups in total. The first kappa shape index (κ1) is 23.9. The SMILES string of the molecule is C[Si](C)(C)N(c1c(C(F)(F)F)cc(C(F)(F)F)cc1C(F)(F)F)[Si](C)(C)C. The molecule has 0 spiro atoms. The van der Waals surface area contributed by atoms with Gasteiger partial charge in [0.05, 0.1) is 16.7 Å². The molecule has 12 heteroatoms. The minimum Gasteiger partial charge on any atom is -0.424 e. The molecular weight excluding hydrogens is 421 g/mol. The fraction of sp³-hybridized carbons (Fsp3) is 0.600. The fourth-order valence-electron chi connectivity index (χ4n) is 3.15. The van der Waals surface area contributed by atoms with Crippen molar-refractivity contribution >= 4 is 22.2 Å². The zero-order valence-corrected chi connectivity index (χ0v) is 17.5. The van der Waals surface area contributed by atoms with Gasteiger partial charge in [0.1, 0.15) is 16.5 Å². The zero-order chi connectivity index (χ0) is 21.8. The van der Waals surface area contributed by atoms with E-state index in [2.05, 4.69) is 0 Å². The topological polar surface area (TPSA) is 3.24 Å². The second-order valence-electron chi connectivity index (χ2n) is 8.09. The van der Waals surface area contributed by atoms with Crippen LogP contribution in [0.5, 0.6) is 0 Å². The van der Waals surface area contributed by atoms with E-state index < -0.39 is 57.4 Å². The third-order valence-electron chi connectivity index (χ3n) is 3.61. The second kappa shape index (κ2) is 6.71. The Bertz CT molecular complexity index is 643. The van der Waals surface area contributed by atoms with Crippen LogP contribution in [-0.4, -0.2) is 16.5 Å². The van der Waals surface area contributed by atoms with Crippen molar-refractivity contribution in [3.8, 4) is 0 Å². The lowest BCUT2D eigenvalue weighted by molar-refractivity contribution is -0.147. The van der Waals surface area contributed by atoms with Gasteiger partial charge in [-0.3, -0.25) is 0 Å². The first-order valence-corrected chi connectivity index (χ1v) is 14.7. The largest absolute Gasteiger partial charge is 0.424 e. The highest BCUT2D eigenvalue weighted by Crippen LogP contribution is 2.49. The van der Waals surface area contributed by atoms with Gasteiger partial charge in [0.15, 0.2) is 0 Å². The summed E-state index contributed by atoms with van der Waals surface area (Å²) >= 11 is 0. The number of alkyl halides is 9. The van der Waals surface area contributed by atoms with Crippen molar-refractivity contribution in [2.75, 3.05) is 4.23 Å². The first-order valence-electron chi connectivity index (χ1n) is 7.78. The molecule has 0 unspecified atom stereocenters. The molecule has 1 aromatic rings. The molecule has 0 atom stereocenters. The van der Waals surface area contributed by atoms with Crippen LogP contribution in [-0.2, 0) is 18.5 Å². The van der Waals surface area contributed by atoms with Gasteiger partial charge >= 0.3 is 18.5 Å². The van der Waals surface area contributed by atoms with E-state index in [1.807, 2.05) is 0 Å². The smallest absolute Gasteiger partial charge is 0.418 e. The third-order valence-corrected chi connectivity index (χ3v) is 10.8. The summed E-state index contributed by atoms with van der Waals surface area (Å²) in [5.41, 5.74) is -6.98. The van der Waals surface area contributed by atoms with Crippen molar-refractivity contribution in [3.05, 3.63) is 28.8 Å². The molecule has 0 fully saturated rings. The van der Waals surface area contributed by atoms with E-state index in [0.29, 0.717) is 0 Å². The summed E-state index contributed by atoms with van der Waals surface area (Å²) in [4.78, 5) is 0. The third kappa shape index (κ3) is 5.42. The van der Waals surface area contributed by atoms with Crippen LogP contribution in [0.2, 0.25) is 39.3 Å². The number of hydrogen-bond acceptors (Lipinski definition) is 1. The van der Waals surface area contributed by atoms with E-state index in [0.717, 1.165) is 4.23 Å². The summed E-state index contributed by atoms with van der Waals surface area (Å²) in [5.74, 6) is 0. The minimum absolute atomic E-state index is 0.224. The molecule has 0 bridgehead atoms. The quantitative estimate of drug-likeness (QED) is 0.354. The van der Waals surface area contributed by atoms with E-state index >= 15 is 0 Å². The molecule has 0 heterocycles. The highest BCUT2D eigenvalue weighted by atomic mass is 28.4. The maximum absolute atomic E-state index is 13.6. The van der Waals surface area contributed by atoms with Crippen LogP contribution in [0.3, 0.4) is 0 Å². The summed E-state index contributed by atoms with van der Waals surface area (Å²) in [5, 5.41) is 0. The number of nitrogens with zero attached hydrogens (tertiary/aromatic N) is 1. The molecule has 0 aromatic heterocycles. The van der Waals surface area contributed by atoms with Gasteiger partial charge in [0, 0.05) is 5.69 Å². The highest BCUT2D eigenvalue weighted by molar-refractivity contribution is 6.99. The van der Waals surface area contributed by atoms with Crippen LogP contribution in [0.1, 0.15) is 16.7 Å². The fourth-order valence-corrected chi connectivity index (χ4v) is 13.0. The average Bonchev–Trinajstić information content (AvgIpc) is 2.30. The maximum atomic E-state index is 13.6. The van der Waals surface area contributed by atoms with E-state index in [1.54, 1.807) is 39.3 Å². The Morgan fingerprint density at radius 2 is 0.889 bits per heavy atom. The van der Waals surface area contributed by atoms with Gasteiger partial charge in [-0.15, -0.1) is 0 Å². The Kier molecular flexibility index (Phi) is 5.93. The van der Waals surface area contributed by atoms with Crippen molar-refractivity contribution in [1.29, 1.82) is 0 Å². The van der Waals surface area contributed by atoms with E-state index in [1.165, 1.54) is 0 Å². The van der Waals surface area contributed by atoms with Gasteiger partial charge in [-0.25, -0.2) is 0 Å². The molecule has 1 nitrogen and oxygen atoms in total. The lowest BCUT2D eigenvalue weighted by atomic mass is 10.0. The predicted molar refractivity (Wildman–Crippen MR) is 90.6 cm³/mol. The average molecular weight is 441 g/mol. The molecule has 1 rings (SSSR count). The van der Waals surface area contributed by atoms with Crippen LogP contribution in [0.4, 0.5) is 45.2 Å². The van der Waals surface area contributed by atoms with Crippen LogP contribution < -0.4 is 4.23 Å². The van der Waals surface area contributed by atoms with Crippen LogP contribution >= 0.6 is 0 Å². The second-order valence-corrected chi connectivity index (χ2v) is 18.1. The Balaban J connectivity index is 4.18. The van der Waals surface area contributed by atoms with Crippen molar-refractivity contribution in [1.82, 2.24) is 0 Å². The summed E-state index contributed by atoms with van der Waals surface area (Å²) in [6, 6.07) is -0.449. The van der Waals surface area contributed by atoms with Gasteiger partial charge < -0.3 is 4.23 Å². The number of rotatable bonds is 3. The van der Waals surface area contributed by atoms with Gasteiger partial charge in [-0.1, -0.05) is 39.3 Å². The monoisotopic (exact) mass is 441 g/mol. The summed E-state index contributed by atoms with van der Waals surface area (Å²) in [7, 11) is -5.67.